The summed E-state index contributed by atoms with van der Waals surface area (Å²) in [5, 5.41) is 0. The van der Waals surface area contributed by atoms with E-state index in [0.29, 0.717) is 0 Å². The molecule has 0 spiro atoms. The number of hydrogen-bond acceptors (Lipinski definition) is 0. The Hall–Kier alpha value is -0.780. The summed E-state index contributed by atoms with van der Waals surface area (Å²) in [5.41, 5.74) is 3.14. The second-order valence-electron chi connectivity index (χ2n) is 8.89. The smallest absolute Gasteiger partial charge is 0.00217 e. The summed E-state index contributed by atoms with van der Waals surface area (Å²) >= 11 is 0. The van der Waals surface area contributed by atoms with Crippen molar-refractivity contribution in [1.82, 2.24) is 0 Å². The molecule has 28 heavy (non-hydrogen) atoms. The van der Waals surface area contributed by atoms with E-state index in [4.69, 9.17) is 0 Å². The van der Waals surface area contributed by atoms with Crippen LogP contribution in [0.2, 0.25) is 0 Å². The Morgan fingerprint density at radius 1 is 0.571 bits per heavy atom. The zero-order chi connectivity index (χ0) is 20.3. The molecule has 1 aromatic rings. The van der Waals surface area contributed by atoms with E-state index in [2.05, 4.69) is 45.0 Å². The van der Waals surface area contributed by atoms with Gasteiger partial charge in [0.15, 0.2) is 0 Å². The molecule has 1 aromatic carbocycles. The van der Waals surface area contributed by atoms with E-state index in [1.807, 2.05) is 0 Å². The maximum absolute atomic E-state index is 2.37. The lowest BCUT2D eigenvalue weighted by Crippen LogP contribution is -2.01. The van der Waals surface area contributed by atoms with E-state index in [1.54, 1.807) is 17.0 Å². The van der Waals surface area contributed by atoms with E-state index >= 15 is 0 Å². The van der Waals surface area contributed by atoms with Crippen LogP contribution in [0.15, 0.2) is 24.3 Å². The van der Waals surface area contributed by atoms with Crippen molar-refractivity contribution in [2.45, 2.75) is 136 Å². The average molecular weight is 386 g/mol. The SMILES string of the molecule is CCCCCCCCCC[C](C)c1ccccc1CCCCCCCCCC. The van der Waals surface area contributed by atoms with E-state index in [0.717, 1.165) is 0 Å². The van der Waals surface area contributed by atoms with Crippen LogP contribution < -0.4 is 0 Å². The third-order valence-corrected chi connectivity index (χ3v) is 6.18. The highest BCUT2D eigenvalue weighted by Gasteiger charge is 2.10. The van der Waals surface area contributed by atoms with Gasteiger partial charge >= 0.3 is 0 Å². The van der Waals surface area contributed by atoms with Crippen molar-refractivity contribution >= 4 is 0 Å². The summed E-state index contributed by atoms with van der Waals surface area (Å²) in [5.74, 6) is 1.61. The Bertz CT molecular complexity index is 447. The van der Waals surface area contributed by atoms with Gasteiger partial charge in [0, 0.05) is 5.92 Å². The van der Waals surface area contributed by atoms with Crippen LogP contribution in [0.5, 0.6) is 0 Å². The lowest BCUT2D eigenvalue weighted by molar-refractivity contribution is 0.568. The summed E-state index contributed by atoms with van der Waals surface area (Å²) in [7, 11) is 0. The molecule has 0 saturated carbocycles. The predicted molar refractivity (Wildman–Crippen MR) is 128 cm³/mol. The summed E-state index contributed by atoms with van der Waals surface area (Å²) in [6.45, 7) is 6.96. The summed E-state index contributed by atoms with van der Waals surface area (Å²) < 4.78 is 0. The van der Waals surface area contributed by atoms with Crippen molar-refractivity contribution in [3.05, 3.63) is 41.3 Å². The van der Waals surface area contributed by atoms with Crippen LogP contribution >= 0.6 is 0 Å². The van der Waals surface area contributed by atoms with Gasteiger partial charge < -0.3 is 0 Å². The average Bonchev–Trinajstić information content (AvgIpc) is 2.72. The molecule has 0 aliphatic rings. The lowest BCUT2D eigenvalue weighted by atomic mass is 9.89. The number of unbranched alkanes of at least 4 members (excludes halogenated alkanes) is 14. The number of hydrogen-bond donors (Lipinski definition) is 0. The molecule has 161 valence electrons. The Balaban J connectivity index is 2.19. The van der Waals surface area contributed by atoms with Crippen LogP contribution in [-0.4, -0.2) is 0 Å². The monoisotopic (exact) mass is 385 g/mol. The molecular formula is C28H49. The minimum absolute atomic E-state index is 1.26. The normalized spacial score (nSPS) is 11.4. The Labute approximate surface area is 177 Å². The summed E-state index contributed by atoms with van der Waals surface area (Å²) in [6, 6.07) is 9.19. The summed E-state index contributed by atoms with van der Waals surface area (Å²) in [6.07, 6.45) is 25.1. The minimum Gasteiger partial charge on any atom is -0.0654 e. The van der Waals surface area contributed by atoms with Crippen molar-refractivity contribution in [3.63, 3.8) is 0 Å². The molecule has 0 aliphatic heterocycles. The highest BCUT2D eigenvalue weighted by atomic mass is 14.1. The number of benzene rings is 1. The molecule has 0 bridgehead atoms. The van der Waals surface area contributed by atoms with Crippen molar-refractivity contribution in [2.75, 3.05) is 0 Å². The molecule has 0 unspecified atom stereocenters. The van der Waals surface area contributed by atoms with Gasteiger partial charge in [-0.15, -0.1) is 0 Å². The van der Waals surface area contributed by atoms with E-state index in [1.165, 1.54) is 116 Å². The second-order valence-corrected chi connectivity index (χ2v) is 8.89. The number of aryl methyl sites for hydroxylation is 1. The van der Waals surface area contributed by atoms with E-state index in [9.17, 15) is 0 Å². The van der Waals surface area contributed by atoms with Gasteiger partial charge in [-0.1, -0.05) is 141 Å². The van der Waals surface area contributed by atoms with Gasteiger partial charge in [0.2, 0.25) is 0 Å². The molecule has 1 rings (SSSR count). The molecule has 0 nitrogen and oxygen atoms in total. The topological polar surface area (TPSA) is 0 Å². The first-order valence-corrected chi connectivity index (χ1v) is 12.7. The van der Waals surface area contributed by atoms with Gasteiger partial charge in [-0.3, -0.25) is 0 Å². The Morgan fingerprint density at radius 2 is 1.04 bits per heavy atom. The van der Waals surface area contributed by atoms with Gasteiger partial charge in [0.25, 0.3) is 0 Å². The van der Waals surface area contributed by atoms with Crippen LogP contribution in [0.1, 0.15) is 141 Å². The molecule has 0 amide bonds. The predicted octanol–water partition coefficient (Wildman–Crippen LogP) is 9.84. The molecule has 0 atom stereocenters. The van der Waals surface area contributed by atoms with Gasteiger partial charge in [-0.2, -0.15) is 0 Å². The van der Waals surface area contributed by atoms with Gasteiger partial charge in [0.05, 0.1) is 0 Å². The lowest BCUT2D eigenvalue weighted by Gasteiger charge is -2.16. The van der Waals surface area contributed by atoms with Crippen LogP contribution in [-0.2, 0) is 6.42 Å². The van der Waals surface area contributed by atoms with Crippen molar-refractivity contribution < 1.29 is 0 Å². The van der Waals surface area contributed by atoms with Gasteiger partial charge in [-0.05, 0) is 30.4 Å². The maximum Gasteiger partial charge on any atom is 0.00217 e. The van der Waals surface area contributed by atoms with Crippen LogP contribution in [0, 0.1) is 5.92 Å². The molecule has 0 fully saturated rings. The molecule has 0 aromatic heterocycles. The first-order chi connectivity index (χ1) is 13.8. The number of rotatable bonds is 19. The fourth-order valence-electron chi connectivity index (χ4n) is 4.26. The van der Waals surface area contributed by atoms with Gasteiger partial charge in [0.1, 0.15) is 0 Å². The fraction of sp³-hybridized carbons (Fsp3) is 0.750. The van der Waals surface area contributed by atoms with Crippen molar-refractivity contribution in [3.8, 4) is 0 Å². The van der Waals surface area contributed by atoms with E-state index in [-0.39, 0.29) is 0 Å². The molecular weight excluding hydrogens is 336 g/mol. The third-order valence-electron chi connectivity index (χ3n) is 6.18. The zero-order valence-electron chi connectivity index (χ0n) is 19.5. The standard InChI is InChI=1S/C28H49/c1-4-6-8-10-12-14-16-18-22-26(3)28-25-21-20-24-27(28)23-19-17-15-13-11-9-7-5-2/h20-21,24-25H,4-19,22-23H2,1-3H3. The quantitative estimate of drug-likeness (QED) is 0.208. The first kappa shape index (κ1) is 25.3. The fourth-order valence-corrected chi connectivity index (χ4v) is 4.26. The van der Waals surface area contributed by atoms with Gasteiger partial charge in [-0.25, -0.2) is 0 Å². The Kier molecular flexibility index (Phi) is 16.5. The molecule has 1 radical (unpaired) electrons. The van der Waals surface area contributed by atoms with E-state index < -0.39 is 0 Å². The van der Waals surface area contributed by atoms with Crippen molar-refractivity contribution in [2.24, 2.45) is 0 Å². The van der Waals surface area contributed by atoms with Crippen LogP contribution in [0.25, 0.3) is 0 Å². The minimum atomic E-state index is 1.26. The highest BCUT2D eigenvalue weighted by Crippen LogP contribution is 2.26. The molecule has 0 heteroatoms. The van der Waals surface area contributed by atoms with Crippen LogP contribution in [0.4, 0.5) is 0 Å². The molecule has 0 N–H and O–H groups in total. The maximum atomic E-state index is 2.37. The molecule has 0 aliphatic carbocycles. The van der Waals surface area contributed by atoms with Crippen LogP contribution in [0.3, 0.4) is 0 Å². The summed E-state index contributed by atoms with van der Waals surface area (Å²) in [4.78, 5) is 0. The zero-order valence-corrected chi connectivity index (χ0v) is 19.5. The highest BCUT2D eigenvalue weighted by molar-refractivity contribution is 5.37. The molecule has 0 saturated heterocycles. The van der Waals surface area contributed by atoms with Crippen molar-refractivity contribution in [1.29, 1.82) is 0 Å². The second kappa shape index (κ2) is 18.3. The molecule has 0 heterocycles. The largest absolute Gasteiger partial charge is 0.0654 e. The first-order valence-electron chi connectivity index (χ1n) is 12.7. The third kappa shape index (κ3) is 12.6. The Morgan fingerprint density at radius 3 is 1.61 bits per heavy atom.